The van der Waals surface area contributed by atoms with Gasteiger partial charge in [0.25, 0.3) is 5.56 Å². The van der Waals surface area contributed by atoms with Gasteiger partial charge in [-0.25, -0.2) is 4.98 Å². The lowest BCUT2D eigenvalue weighted by Gasteiger charge is -2.10. The zero-order valence-electron chi connectivity index (χ0n) is 9.65. The Morgan fingerprint density at radius 3 is 2.89 bits per heavy atom. The fourth-order valence-electron chi connectivity index (χ4n) is 1.61. The van der Waals surface area contributed by atoms with Gasteiger partial charge < -0.3 is 5.73 Å². The topological polar surface area (TPSA) is 60.9 Å². The lowest BCUT2D eigenvalue weighted by molar-refractivity contribution is 0.695. The van der Waals surface area contributed by atoms with Crippen molar-refractivity contribution in [3.8, 4) is 0 Å². The van der Waals surface area contributed by atoms with Gasteiger partial charge in [0.1, 0.15) is 10.3 Å². The van der Waals surface area contributed by atoms with E-state index in [4.69, 9.17) is 17.3 Å². The van der Waals surface area contributed by atoms with Crippen molar-refractivity contribution >= 4 is 33.2 Å². The number of nitrogens with two attached hydrogens (primary N) is 1. The van der Waals surface area contributed by atoms with Crippen LogP contribution in [0.2, 0.25) is 5.02 Å². The summed E-state index contributed by atoms with van der Waals surface area (Å²) in [4.78, 5) is 16.1. The van der Waals surface area contributed by atoms with E-state index in [-0.39, 0.29) is 5.56 Å². The fraction of sp³-hybridized carbons (Fsp3) is 0.167. The number of nitrogens with zero attached hydrogens (tertiary/aromatic N) is 2. The first kappa shape index (κ1) is 13.1. The molecular formula is C12H11BrClN3O. The first-order valence-corrected chi connectivity index (χ1v) is 6.42. The summed E-state index contributed by atoms with van der Waals surface area (Å²) in [6, 6.07) is 5.32. The normalized spacial score (nSPS) is 10.6. The Labute approximate surface area is 118 Å². The van der Waals surface area contributed by atoms with Crippen LogP contribution in [-0.4, -0.2) is 9.55 Å². The van der Waals surface area contributed by atoms with Crippen LogP contribution >= 0.6 is 27.5 Å². The van der Waals surface area contributed by atoms with Crippen molar-refractivity contribution in [3.05, 3.63) is 55.6 Å². The van der Waals surface area contributed by atoms with Gasteiger partial charge in [0.2, 0.25) is 0 Å². The van der Waals surface area contributed by atoms with Crippen LogP contribution in [0.15, 0.2) is 33.7 Å². The van der Waals surface area contributed by atoms with Crippen molar-refractivity contribution in [3.63, 3.8) is 0 Å². The second kappa shape index (κ2) is 5.12. The molecule has 2 aromatic rings. The molecule has 2 N–H and O–H groups in total. The van der Waals surface area contributed by atoms with Crippen LogP contribution in [0.4, 0.5) is 5.69 Å². The largest absolute Gasteiger partial charge is 0.398 e. The van der Waals surface area contributed by atoms with E-state index in [9.17, 15) is 4.79 Å². The molecule has 0 radical (unpaired) electrons. The zero-order valence-corrected chi connectivity index (χ0v) is 12.0. The number of rotatable bonds is 2. The van der Waals surface area contributed by atoms with Gasteiger partial charge in [0, 0.05) is 6.20 Å². The average molecular weight is 329 g/mol. The lowest BCUT2D eigenvalue weighted by Crippen LogP contribution is -2.24. The molecule has 2 rings (SSSR count). The summed E-state index contributed by atoms with van der Waals surface area (Å²) in [6.07, 6.45) is 1.50. The number of anilines is 1. The molecule has 0 fully saturated rings. The minimum absolute atomic E-state index is 0.115. The standard InChI is InChI=1S/C12H11BrClN3O/c1-7-16-5-9(13)12(18)17(7)6-8-2-3-10(14)11(15)4-8/h2-5H,6,15H2,1H3. The van der Waals surface area contributed by atoms with Crippen LogP contribution in [-0.2, 0) is 6.54 Å². The van der Waals surface area contributed by atoms with E-state index in [0.717, 1.165) is 5.56 Å². The highest BCUT2D eigenvalue weighted by Crippen LogP contribution is 2.20. The van der Waals surface area contributed by atoms with E-state index in [1.165, 1.54) is 6.20 Å². The second-order valence-electron chi connectivity index (χ2n) is 3.90. The minimum atomic E-state index is -0.115. The maximum absolute atomic E-state index is 12.0. The molecule has 0 aliphatic heterocycles. The summed E-state index contributed by atoms with van der Waals surface area (Å²) in [5, 5.41) is 0.509. The molecule has 0 atom stereocenters. The minimum Gasteiger partial charge on any atom is -0.398 e. The van der Waals surface area contributed by atoms with Gasteiger partial charge in [-0.05, 0) is 40.5 Å². The molecule has 1 heterocycles. The Balaban J connectivity index is 2.43. The highest BCUT2D eigenvalue weighted by atomic mass is 79.9. The van der Waals surface area contributed by atoms with Crippen LogP contribution in [0, 0.1) is 6.92 Å². The molecule has 0 spiro atoms. The quantitative estimate of drug-likeness (QED) is 0.862. The highest BCUT2D eigenvalue weighted by Gasteiger charge is 2.07. The Morgan fingerprint density at radius 2 is 2.22 bits per heavy atom. The molecule has 0 saturated heterocycles. The average Bonchev–Trinajstić information content (AvgIpc) is 2.34. The first-order valence-electron chi connectivity index (χ1n) is 5.25. The Kier molecular flexibility index (Phi) is 3.73. The molecule has 0 aliphatic rings. The molecule has 4 nitrogen and oxygen atoms in total. The van der Waals surface area contributed by atoms with Crippen molar-refractivity contribution in [1.29, 1.82) is 0 Å². The molecular weight excluding hydrogens is 318 g/mol. The number of hydrogen-bond acceptors (Lipinski definition) is 3. The van der Waals surface area contributed by atoms with Gasteiger partial charge in [0.15, 0.2) is 0 Å². The lowest BCUT2D eigenvalue weighted by atomic mass is 10.2. The number of aromatic nitrogens is 2. The van der Waals surface area contributed by atoms with Gasteiger partial charge in [0.05, 0.1) is 17.3 Å². The van der Waals surface area contributed by atoms with E-state index < -0.39 is 0 Å². The van der Waals surface area contributed by atoms with Crippen molar-refractivity contribution in [2.75, 3.05) is 5.73 Å². The van der Waals surface area contributed by atoms with E-state index in [2.05, 4.69) is 20.9 Å². The highest BCUT2D eigenvalue weighted by molar-refractivity contribution is 9.10. The maximum Gasteiger partial charge on any atom is 0.268 e. The third-order valence-corrected chi connectivity index (χ3v) is 3.49. The van der Waals surface area contributed by atoms with Crippen molar-refractivity contribution in [1.82, 2.24) is 9.55 Å². The third-order valence-electron chi connectivity index (χ3n) is 2.61. The van der Waals surface area contributed by atoms with Gasteiger partial charge in [-0.2, -0.15) is 0 Å². The summed E-state index contributed by atoms with van der Waals surface area (Å²) in [5.74, 6) is 0.650. The fourth-order valence-corrected chi connectivity index (χ4v) is 2.05. The maximum atomic E-state index is 12.0. The van der Waals surface area contributed by atoms with Crippen LogP contribution < -0.4 is 11.3 Å². The van der Waals surface area contributed by atoms with E-state index in [1.807, 2.05) is 6.07 Å². The molecule has 94 valence electrons. The number of halogens is 2. The summed E-state index contributed by atoms with van der Waals surface area (Å²) in [7, 11) is 0. The van der Waals surface area contributed by atoms with Gasteiger partial charge in [-0.15, -0.1) is 0 Å². The predicted octanol–water partition coefficient (Wildman–Crippen LogP) is 2.60. The van der Waals surface area contributed by atoms with Crippen LogP contribution in [0.5, 0.6) is 0 Å². The van der Waals surface area contributed by atoms with Gasteiger partial charge >= 0.3 is 0 Å². The Morgan fingerprint density at radius 1 is 1.50 bits per heavy atom. The monoisotopic (exact) mass is 327 g/mol. The van der Waals surface area contributed by atoms with E-state index in [1.54, 1.807) is 23.6 Å². The molecule has 0 amide bonds. The predicted molar refractivity (Wildman–Crippen MR) is 75.9 cm³/mol. The molecule has 0 bridgehead atoms. The first-order chi connectivity index (χ1) is 8.49. The molecule has 0 unspecified atom stereocenters. The summed E-state index contributed by atoms with van der Waals surface area (Å²) in [6.45, 7) is 2.20. The SMILES string of the molecule is Cc1ncc(Br)c(=O)n1Cc1ccc(Cl)c(N)c1. The van der Waals surface area contributed by atoms with Gasteiger partial charge in [-0.3, -0.25) is 9.36 Å². The van der Waals surface area contributed by atoms with Crippen molar-refractivity contribution in [2.45, 2.75) is 13.5 Å². The molecule has 18 heavy (non-hydrogen) atoms. The smallest absolute Gasteiger partial charge is 0.268 e. The summed E-state index contributed by atoms with van der Waals surface area (Å²) < 4.78 is 2.02. The molecule has 6 heteroatoms. The van der Waals surface area contributed by atoms with Crippen molar-refractivity contribution in [2.24, 2.45) is 0 Å². The third kappa shape index (κ3) is 2.57. The van der Waals surface area contributed by atoms with Crippen LogP contribution in [0.1, 0.15) is 11.4 Å². The molecule has 1 aromatic heterocycles. The molecule has 0 aliphatic carbocycles. The second-order valence-corrected chi connectivity index (χ2v) is 5.16. The molecule has 0 saturated carbocycles. The van der Waals surface area contributed by atoms with Crippen LogP contribution in [0.3, 0.4) is 0 Å². The van der Waals surface area contributed by atoms with Gasteiger partial charge in [-0.1, -0.05) is 17.7 Å². The number of nitrogen functional groups attached to an aromatic ring is 1. The Bertz CT molecular complexity index is 654. The molecule has 1 aromatic carbocycles. The number of aryl methyl sites for hydroxylation is 1. The zero-order chi connectivity index (χ0) is 13.3. The number of hydrogen-bond donors (Lipinski definition) is 1. The Hall–Kier alpha value is -1.33. The van der Waals surface area contributed by atoms with Crippen LogP contribution in [0.25, 0.3) is 0 Å². The summed E-state index contributed by atoms with van der Waals surface area (Å²) in [5.41, 5.74) is 7.03. The number of benzene rings is 1. The van der Waals surface area contributed by atoms with E-state index >= 15 is 0 Å². The van der Waals surface area contributed by atoms with E-state index in [0.29, 0.717) is 27.6 Å². The summed E-state index contributed by atoms with van der Waals surface area (Å²) >= 11 is 9.04. The van der Waals surface area contributed by atoms with Crippen molar-refractivity contribution < 1.29 is 0 Å².